The van der Waals surface area contributed by atoms with Gasteiger partial charge in [0, 0.05) is 6.42 Å². The summed E-state index contributed by atoms with van der Waals surface area (Å²) in [5.74, 6) is 0.756. The Morgan fingerprint density at radius 3 is 2.88 bits per heavy atom. The Bertz CT molecular complexity index is 498. The van der Waals surface area contributed by atoms with Crippen molar-refractivity contribution in [1.82, 2.24) is 15.5 Å². The molecule has 0 radical (unpaired) electrons. The van der Waals surface area contributed by atoms with Crippen LogP contribution in [0.15, 0.2) is 28.8 Å². The number of rotatable bonds is 4. The van der Waals surface area contributed by atoms with Gasteiger partial charge in [-0.2, -0.15) is 4.98 Å². The molecule has 0 aliphatic heterocycles. The van der Waals surface area contributed by atoms with Gasteiger partial charge in [0.05, 0.1) is 6.04 Å². The maximum Gasteiger partial charge on any atom is 0.243 e. The van der Waals surface area contributed by atoms with Gasteiger partial charge in [-0.15, -0.1) is 0 Å². The van der Waals surface area contributed by atoms with E-state index in [0.717, 1.165) is 0 Å². The smallest absolute Gasteiger partial charge is 0.243 e. The molecule has 5 heteroatoms. The van der Waals surface area contributed by atoms with E-state index in [-0.39, 0.29) is 11.9 Å². The van der Waals surface area contributed by atoms with Crippen LogP contribution < -0.4 is 5.32 Å². The fourth-order valence-electron chi connectivity index (χ4n) is 1.45. The maximum atomic E-state index is 13.4. The summed E-state index contributed by atoms with van der Waals surface area (Å²) in [6, 6.07) is 6.58. The molecule has 0 bridgehead atoms. The van der Waals surface area contributed by atoms with Gasteiger partial charge in [-0.25, -0.2) is 4.39 Å². The quantitative estimate of drug-likeness (QED) is 0.881. The topological polar surface area (TPSA) is 51.0 Å². The zero-order valence-corrected chi connectivity index (χ0v) is 9.77. The Balaban J connectivity index is 2.14. The second-order valence-electron chi connectivity index (χ2n) is 3.83. The van der Waals surface area contributed by atoms with Gasteiger partial charge < -0.3 is 9.84 Å². The van der Waals surface area contributed by atoms with Gasteiger partial charge in [-0.05, 0) is 25.6 Å². The van der Waals surface area contributed by atoms with Gasteiger partial charge in [0.2, 0.25) is 5.89 Å². The molecule has 2 rings (SSSR count). The fraction of sp³-hybridized carbons (Fsp3) is 0.333. The van der Waals surface area contributed by atoms with Gasteiger partial charge in [-0.3, -0.25) is 0 Å². The van der Waals surface area contributed by atoms with E-state index in [1.54, 1.807) is 18.2 Å². The molecule has 1 N–H and O–H groups in total. The van der Waals surface area contributed by atoms with E-state index in [1.165, 1.54) is 6.07 Å². The van der Waals surface area contributed by atoms with Crippen molar-refractivity contribution in [2.75, 3.05) is 7.05 Å². The molecule has 17 heavy (non-hydrogen) atoms. The first-order valence-corrected chi connectivity index (χ1v) is 5.44. The number of hydrogen-bond donors (Lipinski definition) is 1. The number of benzene rings is 1. The van der Waals surface area contributed by atoms with E-state index >= 15 is 0 Å². The number of halogens is 1. The molecule has 1 heterocycles. The third kappa shape index (κ3) is 2.68. The Hall–Kier alpha value is -1.75. The maximum absolute atomic E-state index is 13.4. The minimum Gasteiger partial charge on any atom is -0.338 e. The zero-order chi connectivity index (χ0) is 12.3. The average Bonchev–Trinajstić information content (AvgIpc) is 2.80. The molecule has 4 nitrogen and oxygen atoms in total. The third-order valence-electron chi connectivity index (χ3n) is 2.59. The van der Waals surface area contributed by atoms with Crippen LogP contribution in [0.25, 0.3) is 0 Å². The van der Waals surface area contributed by atoms with Crippen molar-refractivity contribution in [3.8, 4) is 0 Å². The van der Waals surface area contributed by atoms with Crippen molar-refractivity contribution in [1.29, 1.82) is 0 Å². The van der Waals surface area contributed by atoms with Crippen LogP contribution in [-0.2, 0) is 6.42 Å². The first-order valence-electron chi connectivity index (χ1n) is 5.44. The molecule has 1 aromatic carbocycles. The molecule has 1 unspecified atom stereocenters. The Morgan fingerprint density at radius 2 is 2.18 bits per heavy atom. The summed E-state index contributed by atoms with van der Waals surface area (Å²) in [6.45, 7) is 1.92. The molecule has 0 fully saturated rings. The highest BCUT2D eigenvalue weighted by Gasteiger charge is 2.13. The van der Waals surface area contributed by atoms with Crippen LogP contribution in [0.5, 0.6) is 0 Å². The molecule has 1 atom stereocenters. The van der Waals surface area contributed by atoms with E-state index in [2.05, 4.69) is 15.5 Å². The van der Waals surface area contributed by atoms with Crippen LogP contribution in [0.4, 0.5) is 4.39 Å². The van der Waals surface area contributed by atoms with E-state index in [9.17, 15) is 4.39 Å². The lowest BCUT2D eigenvalue weighted by atomic mass is 10.1. The predicted octanol–water partition coefficient (Wildman–Crippen LogP) is 2.08. The molecule has 0 aliphatic rings. The minimum absolute atomic E-state index is 0.00290. The normalized spacial score (nSPS) is 12.6. The van der Waals surface area contributed by atoms with Gasteiger partial charge >= 0.3 is 0 Å². The fourth-order valence-corrected chi connectivity index (χ4v) is 1.45. The van der Waals surface area contributed by atoms with E-state index in [4.69, 9.17) is 4.52 Å². The van der Waals surface area contributed by atoms with Crippen molar-refractivity contribution in [2.24, 2.45) is 0 Å². The second kappa shape index (κ2) is 5.05. The van der Waals surface area contributed by atoms with Crippen LogP contribution >= 0.6 is 0 Å². The zero-order valence-electron chi connectivity index (χ0n) is 9.77. The largest absolute Gasteiger partial charge is 0.338 e. The molecule has 0 aliphatic carbocycles. The molecule has 0 saturated heterocycles. The van der Waals surface area contributed by atoms with E-state index in [1.807, 2.05) is 14.0 Å². The van der Waals surface area contributed by atoms with Gasteiger partial charge in [0.1, 0.15) is 5.82 Å². The van der Waals surface area contributed by atoms with Crippen molar-refractivity contribution >= 4 is 0 Å². The van der Waals surface area contributed by atoms with Crippen molar-refractivity contribution in [3.05, 3.63) is 47.4 Å². The van der Waals surface area contributed by atoms with Crippen molar-refractivity contribution < 1.29 is 8.91 Å². The summed E-state index contributed by atoms with van der Waals surface area (Å²) < 4.78 is 18.5. The highest BCUT2D eigenvalue weighted by Crippen LogP contribution is 2.13. The Labute approximate surface area is 98.8 Å². The summed E-state index contributed by atoms with van der Waals surface area (Å²) in [4.78, 5) is 4.21. The first-order chi connectivity index (χ1) is 8.20. The summed E-state index contributed by atoms with van der Waals surface area (Å²) in [7, 11) is 1.81. The van der Waals surface area contributed by atoms with Crippen LogP contribution in [0.1, 0.15) is 30.2 Å². The Morgan fingerprint density at radius 1 is 1.41 bits per heavy atom. The average molecular weight is 235 g/mol. The van der Waals surface area contributed by atoms with Gasteiger partial charge in [-0.1, -0.05) is 23.4 Å². The van der Waals surface area contributed by atoms with E-state index in [0.29, 0.717) is 23.7 Å². The monoisotopic (exact) mass is 235 g/mol. The SMILES string of the molecule is CNC(C)c1nc(Cc2ccccc2F)no1. The van der Waals surface area contributed by atoms with Crippen LogP contribution in [0.3, 0.4) is 0 Å². The predicted molar refractivity (Wildman–Crippen MR) is 61.0 cm³/mol. The summed E-state index contributed by atoms with van der Waals surface area (Å²) in [5, 5.41) is 6.83. The number of aromatic nitrogens is 2. The molecule has 0 spiro atoms. The molecular formula is C12H14FN3O. The van der Waals surface area contributed by atoms with Crippen LogP contribution in [-0.4, -0.2) is 17.2 Å². The van der Waals surface area contributed by atoms with Crippen molar-refractivity contribution in [2.45, 2.75) is 19.4 Å². The molecule has 1 aromatic heterocycles. The molecule has 0 amide bonds. The van der Waals surface area contributed by atoms with E-state index < -0.39 is 0 Å². The highest BCUT2D eigenvalue weighted by molar-refractivity contribution is 5.20. The summed E-state index contributed by atoms with van der Waals surface area (Å²) in [5.41, 5.74) is 0.567. The first kappa shape index (κ1) is 11.7. The second-order valence-corrected chi connectivity index (χ2v) is 3.83. The number of nitrogens with zero attached hydrogens (tertiary/aromatic N) is 2. The summed E-state index contributed by atoms with van der Waals surface area (Å²) in [6.07, 6.45) is 0.340. The lowest BCUT2D eigenvalue weighted by molar-refractivity contribution is 0.343. The molecule has 90 valence electrons. The molecule has 2 aromatic rings. The standard InChI is InChI=1S/C12H14FN3O/c1-8(14-2)12-15-11(16-17-12)7-9-5-3-4-6-10(9)13/h3-6,8,14H,7H2,1-2H3. The van der Waals surface area contributed by atoms with Crippen molar-refractivity contribution in [3.63, 3.8) is 0 Å². The lowest BCUT2D eigenvalue weighted by Crippen LogP contribution is -2.12. The van der Waals surface area contributed by atoms with Gasteiger partial charge in [0.25, 0.3) is 0 Å². The molecular weight excluding hydrogens is 221 g/mol. The van der Waals surface area contributed by atoms with Crippen LogP contribution in [0.2, 0.25) is 0 Å². The Kier molecular flexibility index (Phi) is 3.49. The lowest BCUT2D eigenvalue weighted by Gasteiger charge is -2.01. The number of nitrogens with one attached hydrogen (secondary N) is 1. The third-order valence-corrected chi connectivity index (χ3v) is 2.59. The van der Waals surface area contributed by atoms with Crippen LogP contribution in [0, 0.1) is 5.82 Å². The minimum atomic E-state index is -0.250. The highest BCUT2D eigenvalue weighted by atomic mass is 19.1. The van der Waals surface area contributed by atoms with Gasteiger partial charge in [0.15, 0.2) is 5.82 Å². The molecule has 0 saturated carbocycles. The summed E-state index contributed by atoms with van der Waals surface area (Å²) >= 11 is 0. The number of hydrogen-bond acceptors (Lipinski definition) is 4.